The van der Waals surface area contributed by atoms with E-state index in [1.54, 1.807) is 23.8 Å². The van der Waals surface area contributed by atoms with Gasteiger partial charge in [0, 0.05) is 25.7 Å². The summed E-state index contributed by atoms with van der Waals surface area (Å²) in [5.41, 5.74) is 1.76. The van der Waals surface area contributed by atoms with Crippen LogP contribution in [0.3, 0.4) is 0 Å². The number of nitrogens with zero attached hydrogens (tertiary/aromatic N) is 2. The van der Waals surface area contributed by atoms with Gasteiger partial charge in [0.05, 0.1) is 0 Å². The Morgan fingerprint density at radius 3 is 2.44 bits per heavy atom. The number of likely N-dealkylation sites (N-methyl/N-ethyl adjacent to an activating group) is 1. The standard InChI is InChI=1S/C14H18N2O2/c1-10-4-6-12(7-5-10)14(18)16-9-8-15(3)13(17)11(16)2/h4-7,11H,8-9H2,1-3H3. The molecule has 4 nitrogen and oxygen atoms in total. The summed E-state index contributed by atoms with van der Waals surface area (Å²) >= 11 is 0. The molecule has 1 aromatic rings. The number of hydrogen-bond donors (Lipinski definition) is 0. The molecule has 1 fully saturated rings. The molecular weight excluding hydrogens is 228 g/mol. The van der Waals surface area contributed by atoms with Crippen LogP contribution >= 0.6 is 0 Å². The Kier molecular flexibility index (Phi) is 3.36. The maximum Gasteiger partial charge on any atom is 0.254 e. The summed E-state index contributed by atoms with van der Waals surface area (Å²) in [4.78, 5) is 27.5. The van der Waals surface area contributed by atoms with E-state index in [2.05, 4.69) is 0 Å². The van der Waals surface area contributed by atoms with Crippen LogP contribution in [0, 0.1) is 6.92 Å². The molecule has 1 aliphatic heterocycles. The third-order valence-electron chi connectivity index (χ3n) is 3.44. The molecule has 0 spiro atoms. The average Bonchev–Trinajstić information content (AvgIpc) is 2.36. The van der Waals surface area contributed by atoms with Gasteiger partial charge in [-0.1, -0.05) is 17.7 Å². The topological polar surface area (TPSA) is 40.6 Å². The summed E-state index contributed by atoms with van der Waals surface area (Å²) in [6.45, 7) is 4.96. The van der Waals surface area contributed by atoms with Crippen LogP contribution in [-0.4, -0.2) is 47.8 Å². The highest BCUT2D eigenvalue weighted by molar-refractivity contribution is 5.98. The van der Waals surface area contributed by atoms with Crippen LogP contribution in [0.4, 0.5) is 0 Å². The number of hydrogen-bond acceptors (Lipinski definition) is 2. The van der Waals surface area contributed by atoms with Crippen molar-refractivity contribution in [1.29, 1.82) is 0 Å². The molecule has 18 heavy (non-hydrogen) atoms. The Hall–Kier alpha value is -1.84. The Balaban J connectivity index is 2.19. The van der Waals surface area contributed by atoms with Gasteiger partial charge >= 0.3 is 0 Å². The number of carbonyl (C=O) groups is 2. The van der Waals surface area contributed by atoms with E-state index in [1.807, 2.05) is 31.2 Å². The van der Waals surface area contributed by atoms with Crippen LogP contribution in [0.5, 0.6) is 0 Å². The van der Waals surface area contributed by atoms with Crippen molar-refractivity contribution in [3.05, 3.63) is 35.4 Å². The molecule has 96 valence electrons. The number of benzene rings is 1. The highest BCUT2D eigenvalue weighted by Gasteiger charge is 2.32. The normalized spacial score (nSPS) is 20.2. The van der Waals surface area contributed by atoms with E-state index in [0.717, 1.165) is 5.56 Å². The van der Waals surface area contributed by atoms with Crippen molar-refractivity contribution < 1.29 is 9.59 Å². The Morgan fingerprint density at radius 1 is 1.22 bits per heavy atom. The molecule has 1 unspecified atom stereocenters. The summed E-state index contributed by atoms with van der Waals surface area (Å²) in [5.74, 6) is -0.0642. The van der Waals surface area contributed by atoms with Crippen LogP contribution in [0.25, 0.3) is 0 Å². The van der Waals surface area contributed by atoms with Crippen molar-refractivity contribution in [3.63, 3.8) is 0 Å². The number of aryl methyl sites for hydroxylation is 1. The van der Waals surface area contributed by atoms with Gasteiger partial charge < -0.3 is 9.80 Å². The van der Waals surface area contributed by atoms with Crippen molar-refractivity contribution in [2.45, 2.75) is 19.9 Å². The summed E-state index contributed by atoms with van der Waals surface area (Å²) in [6.07, 6.45) is 0. The molecule has 0 aliphatic carbocycles. The molecule has 0 radical (unpaired) electrons. The number of piperazine rings is 1. The largest absolute Gasteiger partial charge is 0.342 e. The maximum atomic E-state index is 12.3. The SMILES string of the molecule is Cc1ccc(C(=O)N2CCN(C)C(=O)C2C)cc1. The smallest absolute Gasteiger partial charge is 0.254 e. The first-order chi connectivity index (χ1) is 8.50. The second kappa shape index (κ2) is 4.80. The minimum atomic E-state index is -0.377. The third kappa shape index (κ3) is 2.23. The molecule has 0 N–H and O–H groups in total. The van der Waals surface area contributed by atoms with E-state index in [1.165, 1.54) is 0 Å². The second-order valence-electron chi connectivity index (χ2n) is 4.80. The Morgan fingerprint density at radius 2 is 1.83 bits per heavy atom. The van der Waals surface area contributed by atoms with E-state index in [0.29, 0.717) is 18.7 Å². The van der Waals surface area contributed by atoms with E-state index in [9.17, 15) is 9.59 Å². The lowest BCUT2D eigenvalue weighted by molar-refractivity contribution is -0.137. The van der Waals surface area contributed by atoms with E-state index in [-0.39, 0.29) is 17.9 Å². The van der Waals surface area contributed by atoms with Gasteiger partial charge in [-0.25, -0.2) is 0 Å². The van der Waals surface area contributed by atoms with Crippen LogP contribution in [0.15, 0.2) is 24.3 Å². The number of carbonyl (C=O) groups excluding carboxylic acids is 2. The van der Waals surface area contributed by atoms with Gasteiger partial charge in [-0.3, -0.25) is 9.59 Å². The molecule has 1 aliphatic rings. The number of rotatable bonds is 1. The minimum Gasteiger partial charge on any atom is -0.342 e. The van der Waals surface area contributed by atoms with Gasteiger partial charge in [0.1, 0.15) is 6.04 Å². The van der Waals surface area contributed by atoms with Crippen LogP contribution in [0.2, 0.25) is 0 Å². The lowest BCUT2D eigenvalue weighted by Gasteiger charge is -2.37. The van der Waals surface area contributed by atoms with Crippen LogP contribution < -0.4 is 0 Å². The van der Waals surface area contributed by atoms with Crippen molar-refractivity contribution >= 4 is 11.8 Å². The second-order valence-corrected chi connectivity index (χ2v) is 4.80. The maximum absolute atomic E-state index is 12.3. The zero-order chi connectivity index (χ0) is 13.3. The van der Waals surface area contributed by atoms with Crippen LogP contribution in [0.1, 0.15) is 22.8 Å². The molecule has 1 atom stereocenters. The Labute approximate surface area is 107 Å². The van der Waals surface area contributed by atoms with Crippen LogP contribution in [-0.2, 0) is 4.79 Å². The predicted octanol–water partition coefficient (Wildman–Crippen LogP) is 1.30. The summed E-state index contributed by atoms with van der Waals surface area (Å²) in [6, 6.07) is 7.07. The predicted molar refractivity (Wildman–Crippen MR) is 69.3 cm³/mol. The van der Waals surface area contributed by atoms with Gasteiger partial charge in [-0.15, -0.1) is 0 Å². The molecule has 2 amide bonds. The van der Waals surface area contributed by atoms with Gasteiger partial charge in [-0.2, -0.15) is 0 Å². The highest BCUT2D eigenvalue weighted by atomic mass is 16.2. The van der Waals surface area contributed by atoms with Gasteiger partial charge in [0.15, 0.2) is 0 Å². The Bertz CT molecular complexity index is 467. The minimum absolute atomic E-state index is 0.00158. The summed E-state index contributed by atoms with van der Waals surface area (Å²) in [7, 11) is 1.77. The first-order valence-electron chi connectivity index (χ1n) is 6.13. The molecule has 0 saturated carbocycles. The van der Waals surface area contributed by atoms with Gasteiger partial charge in [0.2, 0.25) is 5.91 Å². The van der Waals surface area contributed by atoms with E-state index >= 15 is 0 Å². The fraction of sp³-hybridized carbons (Fsp3) is 0.429. The zero-order valence-electron chi connectivity index (χ0n) is 11.0. The summed E-state index contributed by atoms with van der Waals surface area (Å²) in [5, 5.41) is 0. The third-order valence-corrected chi connectivity index (χ3v) is 3.44. The monoisotopic (exact) mass is 246 g/mol. The molecule has 0 bridgehead atoms. The quantitative estimate of drug-likeness (QED) is 0.749. The first-order valence-corrected chi connectivity index (χ1v) is 6.13. The fourth-order valence-corrected chi connectivity index (χ4v) is 2.15. The molecule has 1 heterocycles. The highest BCUT2D eigenvalue weighted by Crippen LogP contribution is 2.14. The zero-order valence-corrected chi connectivity index (χ0v) is 11.0. The molecule has 0 aromatic heterocycles. The van der Waals surface area contributed by atoms with Crippen molar-refractivity contribution in [1.82, 2.24) is 9.80 Å². The molecule has 2 rings (SSSR count). The molecular formula is C14H18N2O2. The molecule has 1 saturated heterocycles. The van der Waals surface area contributed by atoms with Crippen molar-refractivity contribution in [2.75, 3.05) is 20.1 Å². The first kappa shape index (κ1) is 12.6. The molecule has 4 heteroatoms. The van der Waals surface area contributed by atoms with Crippen molar-refractivity contribution in [2.24, 2.45) is 0 Å². The van der Waals surface area contributed by atoms with Crippen molar-refractivity contribution in [3.8, 4) is 0 Å². The lowest BCUT2D eigenvalue weighted by Crippen LogP contribution is -2.56. The lowest BCUT2D eigenvalue weighted by atomic mass is 10.1. The van der Waals surface area contributed by atoms with E-state index < -0.39 is 0 Å². The van der Waals surface area contributed by atoms with Gasteiger partial charge in [-0.05, 0) is 26.0 Å². The van der Waals surface area contributed by atoms with E-state index in [4.69, 9.17) is 0 Å². The fourth-order valence-electron chi connectivity index (χ4n) is 2.15. The summed E-state index contributed by atoms with van der Waals surface area (Å²) < 4.78 is 0. The van der Waals surface area contributed by atoms with Gasteiger partial charge in [0.25, 0.3) is 5.91 Å². The molecule has 1 aromatic carbocycles. The average molecular weight is 246 g/mol. The number of amides is 2.